The molecule has 6 rings (SSSR count). The third-order valence-corrected chi connectivity index (χ3v) is 7.25. The van der Waals surface area contributed by atoms with Crippen LogP contribution in [0.1, 0.15) is 28.3 Å². The van der Waals surface area contributed by atoms with Gasteiger partial charge in [0.1, 0.15) is 11.8 Å². The molecule has 0 fully saturated rings. The smallest absolute Gasteiger partial charge is 0.309 e. The lowest BCUT2D eigenvalue weighted by Crippen LogP contribution is -2.08. The summed E-state index contributed by atoms with van der Waals surface area (Å²) in [7, 11) is 0. The predicted octanol–water partition coefficient (Wildman–Crippen LogP) is 9.10. The minimum atomic E-state index is -4.45. The highest BCUT2D eigenvalue weighted by Crippen LogP contribution is 2.35. The van der Waals surface area contributed by atoms with Gasteiger partial charge in [0.15, 0.2) is 0 Å². The minimum absolute atomic E-state index is 0.0864. The van der Waals surface area contributed by atoms with Gasteiger partial charge in [0, 0.05) is 22.0 Å². The van der Waals surface area contributed by atoms with Crippen LogP contribution in [-0.4, -0.2) is 10.3 Å². The number of halogens is 3. The Morgan fingerprint density at radius 2 is 1.37 bits per heavy atom. The van der Waals surface area contributed by atoms with Crippen LogP contribution in [0.5, 0.6) is 0 Å². The van der Waals surface area contributed by atoms with Crippen LogP contribution in [0, 0.1) is 11.3 Å². The number of alkyl halides is 3. The molecule has 0 amide bonds. The molecule has 1 atom stereocenters. The third kappa shape index (κ3) is 5.22. The Labute approximate surface area is 235 Å². The highest BCUT2D eigenvalue weighted by atomic mass is 19.4. The average Bonchev–Trinajstić information content (AvgIpc) is 3.33. The number of para-hydroxylation sites is 2. The number of nitriles is 1. The van der Waals surface area contributed by atoms with Gasteiger partial charge in [-0.05, 0) is 53.9 Å². The van der Waals surface area contributed by atoms with Crippen LogP contribution in [0.4, 0.5) is 13.2 Å². The van der Waals surface area contributed by atoms with Gasteiger partial charge < -0.3 is 4.57 Å². The fourth-order valence-corrected chi connectivity index (χ4v) is 5.27. The van der Waals surface area contributed by atoms with Crippen molar-refractivity contribution in [3.05, 3.63) is 150 Å². The van der Waals surface area contributed by atoms with E-state index >= 15 is 0 Å². The number of hydrogen-bond acceptors (Lipinski definition) is 2. The maximum atomic E-state index is 13.1. The van der Waals surface area contributed by atoms with Gasteiger partial charge in [-0.2, -0.15) is 18.4 Å². The number of aromatic nitrogens is 1. The first-order valence-electron chi connectivity index (χ1n) is 13.2. The molecule has 0 spiro atoms. The van der Waals surface area contributed by atoms with Gasteiger partial charge in [-0.15, -0.1) is 0 Å². The number of aliphatic imine (C=N–C) groups is 1. The lowest BCUT2D eigenvalue weighted by Gasteiger charge is -2.16. The fourth-order valence-electron chi connectivity index (χ4n) is 5.27. The Kier molecular flexibility index (Phi) is 6.86. The van der Waals surface area contributed by atoms with E-state index in [0.717, 1.165) is 50.8 Å². The van der Waals surface area contributed by atoms with Crippen LogP contribution >= 0.6 is 0 Å². The van der Waals surface area contributed by atoms with Crippen LogP contribution in [-0.2, 0) is 12.6 Å². The van der Waals surface area contributed by atoms with Crippen LogP contribution in [0.15, 0.2) is 132 Å². The molecule has 0 aliphatic carbocycles. The number of rotatable bonds is 6. The molecule has 41 heavy (non-hydrogen) atoms. The van der Waals surface area contributed by atoms with Gasteiger partial charge in [0.05, 0.1) is 22.6 Å². The lowest BCUT2D eigenvalue weighted by atomic mass is 9.97. The van der Waals surface area contributed by atoms with Gasteiger partial charge in [-0.3, -0.25) is 4.99 Å². The van der Waals surface area contributed by atoms with Crippen LogP contribution in [0.2, 0.25) is 0 Å². The summed E-state index contributed by atoms with van der Waals surface area (Å²) in [5, 5.41) is 12.2. The number of hydrogen-bond donors (Lipinski definition) is 0. The largest absolute Gasteiger partial charge is 0.416 e. The van der Waals surface area contributed by atoms with E-state index in [1.54, 1.807) is 0 Å². The van der Waals surface area contributed by atoms with Crippen molar-refractivity contribution in [1.29, 1.82) is 5.26 Å². The highest BCUT2D eigenvalue weighted by Gasteiger charge is 2.30. The molecule has 1 aromatic heterocycles. The normalized spacial score (nSPS) is 12.9. The zero-order valence-electron chi connectivity index (χ0n) is 21.9. The summed E-state index contributed by atoms with van der Waals surface area (Å²) < 4.78 is 41.6. The van der Waals surface area contributed by atoms with Crippen molar-refractivity contribution in [2.75, 3.05) is 0 Å². The standard InChI is InChI=1S/C35H24F3N3/c36-35(37,38)27-18-15-25(16-19-27)32(23-39)40-31(21-24-9-3-1-4-10-24)26-17-20-30-29-13-7-8-14-33(29)41(34(30)22-26)28-11-5-2-6-12-28/h1-20,22,31H,21H2/b40-32+/t31-/m1/s1. The topological polar surface area (TPSA) is 41.1 Å². The molecule has 0 saturated carbocycles. The molecule has 0 unspecified atom stereocenters. The molecule has 0 bridgehead atoms. The molecule has 5 aromatic carbocycles. The molecule has 200 valence electrons. The zero-order chi connectivity index (χ0) is 28.4. The first-order chi connectivity index (χ1) is 19.9. The summed E-state index contributed by atoms with van der Waals surface area (Å²) in [6.45, 7) is 0. The molecule has 0 N–H and O–H groups in total. The SMILES string of the molecule is N#C/C(=N\[C@H](Cc1ccccc1)c1ccc2c3ccccc3n(-c3ccccc3)c2c1)c1ccc(C(F)(F)F)cc1. The summed E-state index contributed by atoms with van der Waals surface area (Å²) >= 11 is 0. The second-order valence-electron chi connectivity index (χ2n) is 9.83. The number of nitrogens with zero attached hydrogens (tertiary/aromatic N) is 3. The maximum absolute atomic E-state index is 13.1. The minimum Gasteiger partial charge on any atom is -0.309 e. The number of fused-ring (bicyclic) bond motifs is 3. The van der Waals surface area contributed by atoms with Crippen LogP contribution in [0.25, 0.3) is 27.5 Å². The third-order valence-electron chi connectivity index (χ3n) is 7.25. The van der Waals surface area contributed by atoms with E-state index in [9.17, 15) is 18.4 Å². The van der Waals surface area contributed by atoms with E-state index < -0.39 is 17.8 Å². The van der Waals surface area contributed by atoms with Gasteiger partial charge in [0.25, 0.3) is 0 Å². The second kappa shape index (κ2) is 10.8. The van der Waals surface area contributed by atoms with Crippen molar-refractivity contribution in [2.45, 2.75) is 18.6 Å². The molecule has 6 aromatic rings. The molecule has 0 radical (unpaired) electrons. The maximum Gasteiger partial charge on any atom is 0.416 e. The number of benzene rings is 5. The van der Waals surface area contributed by atoms with Gasteiger partial charge >= 0.3 is 6.18 Å². The first kappa shape index (κ1) is 26.1. The Morgan fingerprint density at radius 3 is 2.05 bits per heavy atom. The van der Waals surface area contributed by atoms with E-state index in [0.29, 0.717) is 12.0 Å². The second-order valence-corrected chi connectivity index (χ2v) is 9.83. The van der Waals surface area contributed by atoms with E-state index in [-0.39, 0.29) is 5.71 Å². The Bertz CT molecular complexity index is 1900. The van der Waals surface area contributed by atoms with E-state index in [1.165, 1.54) is 12.1 Å². The summed E-state index contributed by atoms with van der Waals surface area (Å²) in [5.41, 5.74) is 4.73. The van der Waals surface area contributed by atoms with E-state index in [1.807, 2.05) is 66.7 Å². The van der Waals surface area contributed by atoms with Crippen LogP contribution in [0.3, 0.4) is 0 Å². The zero-order valence-corrected chi connectivity index (χ0v) is 21.9. The quantitative estimate of drug-likeness (QED) is 0.193. The molecular formula is C35H24F3N3. The summed E-state index contributed by atoms with van der Waals surface area (Å²) in [5.74, 6) is 0. The Hall–Kier alpha value is -5.15. The predicted molar refractivity (Wildman–Crippen MR) is 157 cm³/mol. The van der Waals surface area contributed by atoms with Crippen molar-refractivity contribution >= 4 is 27.5 Å². The van der Waals surface area contributed by atoms with Crippen molar-refractivity contribution < 1.29 is 13.2 Å². The van der Waals surface area contributed by atoms with Crippen molar-refractivity contribution in [1.82, 2.24) is 4.57 Å². The molecule has 0 aliphatic heterocycles. The van der Waals surface area contributed by atoms with Gasteiger partial charge in [-0.1, -0.05) is 91.0 Å². The lowest BCUT2D eigenvalue weighted by molar-refractivity contribution is -0.137. The fraction of sp³-hybridized carbons (Fsp3) is 0.0857. The average molecular weight is 544 g/mol. The molecular weight excluding hydrogens is 519 g/mol. The first-order valence-corrected chi connectivity index (χ1v) is 13.2. The summed E-state index contributed by atoms with van der Waals surface area (Å²) in [4.78, 5) is 4.85. The van der Waals surface area contributed by atoms with E-state index in [2.05, 4.69) is 47.0 Å². The Morgan fingerprint density at radius 1 is 0.732 bits per heavy atom. The molecule has 6 heteroatoms. The summed E-state index contributed by atoms with van der Waals surface area (Å²) in [6, 6.07) is 40.7. The molecule has 0 aliphatic rings. The monoisotopic (exact) mass is 543 g/mol. The van der Waals surface area contributed by atoms with Gasteiger partial charge in [-0.25, -0.2) is 0 Å². The van der Waals surface area contributed by atoms with E-state index in [4.69, 9.17) is 4.99 Å². The summed E-state index contributed by atoms with van der Waals surface area (Å²) in [6.07, 6.45) is -3.94. The van der Waals surface area contributed by atoms with Crippen LogP contribution < -0.4 is 0 Å². The molecule has 3 nitrogen and oxygen atoms in total. The van der Waals surface area contributed by atoms with Crippen molar-refractivity contribution in [3.63, 3.8) is 0 Å². The molecule has 0 saturated heterocycles. The highest BCUT2D eigenvalue weighted by molar-refractivity contribution is 6.12. The molecule has 1 heterocycles. The Balaban J connectivity index is 1.51. The van der Waals surface area contributed by atoms with Crippen molar-refractivity contribution in [2.24, 2.45) is 4.99 Å². The van der Waals surface area contributed by atoms with Gasteiger partial charge in [0.2, 0.25) is 0 Å². The van der Waals surface area contributed by atoms with Crippen molar-refractivity contribution in [3.8, 4) is 11.8 Å².